The number of amides is 1. The zero-order valence-electron chi connectivity index (χ0n) is 12.6. The first-order chi connectivity index (χ1) is 10.6. The lowest BCUT2D eigenvalue weighted by Gasteiger charge is -2.19. The number of thiophene rings is 1. The second-order valence-electron chi connectivity index (χ2n) is 4.79. The Morgan fingerprint density at radius 2 is 2.18 bits per heavy atom. The molecule has 0 saturated carbocycles. The fraction of sp³-hybridized carbons (Fsp3) is 0.312. The smallest absolute Gasteiger partial charge is 0.238 e. The van der Waals surface area contributed by atoms with E-state index in [-0.39, 0.29) is 5.91 Å². The molecule has 0 bridgehead atoms. The van der Waals surface area contributed by atoms with Crippen LogP contribution in [0, 0.1) is 0 Å². The minimum atomic E-state index is 0.00255. The molecule has 0 aliphatic heterocycles. The van der Waals surface area contributed by atoms with Crippen molar-refractivity contribution in [3.05, 3.63) is 45.6 Å². The highest BCUT2D eigenvalue weighted by Crippen LogP contribution is 2.23. The molecule has 2 rings (SSSR count). The molecular weight excluding hydrogens is 336 g/mol. The van der Waals surface area contributed by atoms with Gasteiger partial charge in [0.25, 0.3) is 0 Å². The van der Waals surface area contributed by atoms with Crippen molar-refractivity contribution >= 4 is 46.3 Å². The number of anilines is 1. The quantitative estimate of drug-likeness (QED) is 0.738. The molecular formula is C16H19ClN2OS2. The maximum Gasteiger partial charge on any atom is 0.238 e. The first-order valence-corrected chi connectivity index (χ1v) is 9.43. The molecule has 1 amide bonds. The van der Waals surface area contributed by atoms with Gasteiger partial charge in [0.1, 0.15) is 0 Å². The van der Waals surface area contributed by atoms with Crippen LogP contribution in [0.3, 0.4) is 0 Å². The van der Waals surface area contributed by atoms with Gasteiger partial charge in [-0.3, -0.25) is 9.69 Å². The summed E-state index contributed by atoms with van der Waals surface area (Å²) in [5, 5.41) is 2.96. The molecule has 1 N–H and O–H groups in total. The van der Waals surface area contributed by atoms with Gasteiger partial charge in [-0.1, -0.05) is 24.6 Å². The molecule has 0 atom stereocenters. The second-order valence-corrected chi connectivity index (χ2v) is 7.47. The van der Waals surface area contributed by atoms with Crippen LogP contribution in [0.4, 0.5) is 5.69 Å². The summed E-state index contributed by atoms with van der Waals surface area (Å²) in [5.41, 5.74) is 0.840. The van der Waals surface area contributed by atoms with E-state index in [0.29, 0.717) is 6.54 Å². The van der Waals surface area contributed by atoms with Crippen LogP contribution in [-0.2, 0) is 11.3 Å². The minimum absolute atomic E-state index is 0.00255. The molecule has 1 aromatic carbocycles. The summed E-state index contributed by atoms with van der Waals surface area (Å²) in [4.78, 5) is 16.6. The molecule has 6 heteroatoms. The van der Waals surface area contributed by atoms with E-state index in [2.05, 4.69) is 17.1 Å². The Bertz CT molecular complexity index is 630. The zero-order chi connectivity index (χ0) is 15.9. The number of benzene rings is 1. The van der Waals surface area contributed by atoms with Gasteiger partial charge in [0.2, 0.25) is 5.91 Å². The third-order valence-corrected chi connectivity index (χ3v) is 5.12. The number of nitrogens with one attached hydrogen (secondary N) is 1. The molecule has 0 spiro atoms. The van der Waals surface area contributed by atoms with E-state index < -0.39 is 0 Å². The van der Waals surface area contributed by atoms with E-state index in [0.717, 1.165) is 28.0 Å². The Labute approximate surface area is 144 Å². The fourth-order valence-electron chi connectivity index (χ4n) is 2.04. The summed E-state index contributed by atoms with van der Waals surface area (Å²) in [6.45, 7) is 3.98. The lowest BCUT2D eigenvalue weighted by atomic mass is 10.3. The van der Waals surface area contributed by atoms with Crippen LogP contribution in [0.5, 0.6) is 0 Å². The van der Waals surface area contributed by atoms with Crippen molar-refractivity contribution in [1.29, 1.82) is 0 Å². The van der Waals surface area contributed by atoms with E-state index in [1.54, 1.807) is 23.1 Å². The second kappa shape index (κ2) is 8.58. The summed E-state index contributed by atoms with van der Waals surface area (Å²) in [6, 6.07) is 11.8. The van der Waals surface area contributed by atoms with Gasteiger partial charge in [0.05, 0.1) is 10.9 Å². The van der Waals surface area contributed by atoms with Crippen molar-refractivity contribution in [1.82, 2.24) is 4.90 Å². The van der Waals surface area contributed by atoms with Gasteiger partial charge in [-0.15, -0.1) is 23.1 Å². The van der Waals surface area contributed by atoms with Gasteiger partial charge in [-0.2, -0.15) is 0 Å². The average Bonchev–Trinajstić information content (AvgIpc) is 2.91. The lowest BCUT2D eigenvalue weighted by Crippen LogP contribution is -2.32. The van der Waals surface area contributed by atoms with Crippen molar-refractivity contribution in [3.8, 4) is 0 Å². The van der Waals surface area contributed by atoms with Gasteiger partial charge in [0, 0.05) is 22.0 Å². The molecule has 0 unspecified atom stereocenters. The predicted molar refractivity (Wildman–Crippen MR) is 97.1 cm³/mol. The Balaban J connectivity index is 1.91. The number of rotatable bonds is 7. The summed E-state index contributed by atoms with van der Waals surface area (Å²) in [7, 11) is 0. The minimum Gasteiger partial charge on any atom is -0.325 e. The Kier molecular flexibility index (Phi) is 6.76. The topological polar surface area (TPSA) is 32.3 Å². The monoisotopic (exact) mass is 354 g/mol. The van der Waals surface area contributed by atoms with Crippen LogP contribution < -0.4 is 5.32 Å². The number of hydrogen-bond acceptors (Lipinski definition) is 4. The normalized spacial score (nSPS) is 10.9. The highest BCUT2D eigenvalue weighted by molar-refractivity contribution is 7.98. The van der Waals surface area contributed by atoms with E-state index in [4.69, 9.17) is 11.6 Å². The molecule has 0 aliphatic rings. The molecule has 0 aliphatic carbocycles. The Morgan fingerprint density at radius 1 is 1.36 bits per heavy atom. The number of likely N-dealkylation sites (N-methyl/N-ethyl adjacent to an activating group) is 1. The molecule has 0 fully saturated rings. The van der Waals surface area contributed by atoms with Gasteiger partial charge in [-0.05, 0) is 43.1 Å². The number of halogens is 1. The van der Waals surface area contributed by atoms with E-state index in [1.165, 1.54) is 4.88 Å². The van der Waals surface area contributed by atoms with E-state index in [1.807, 2.05) is 42.7 Å². The molecule has 1 aromatic heterocycles. The first-order valence-electron chi connectivity index (χ1n) is 7.01. The molecule has 3 nitrogen and oxygen atoms in total. The van der Waals surface area contributed by atoms with Gasteiger partial charge < -0.3 is 5.32 Å². The zero-order valence-corrected chi connectivity index (χ0v) is 15.0. The molecule has 1 heterocycles. The summed E-state index contributed by atoms with van der Waals surface area (Å²) >= 11 is 9.16. The van der Waals surface area contributed by atoms with Crippen molar-refractivity contribution in [2.45, 2.75) is 18.4 Å². The maximum atomic E-state index is 12.2. The lowest BCUT2D eigenvalue weighted by molar-refractivity contribution is -0.117. The highest BCUT2D eigenvalue weighted by Gasteiger charge is 2.11. The van der Waals surface area contributed by atoms with Crippen LogP contribution >= 0.6 is 34.7 Å². The molecule has 118 valence electrons. The van der Waals surface area contributed by atoms with Crippen molar-refractivity contribution < 1.29 is 4.79 Å². The highest BCUT2D eigenvalue weighted by atomic mass is 35.5. The van der Waals surface area contributed by atoms with Crippen LogP contribution in [0.15, 0.2) is 41.3 Å². The summed E-state index contributed by atoms with van der Waals surface area (Å²) in [5.74, 6) is 0.00255. The van der Waals surface area contributed by atoms with Crippen molar-refractivity contribution in [2.24, 2.45) is 0 Å². The van der Waals surface area contributed by atoms with Gasteiger partial charge >= 0.3 is 0 Å². The Hall–Kier alpha value is -1.01. The van der Waals surface area contributed by atoms with Gasteiger partial charge in [0.15, 0.2) is 0 Å². The standard InChI is InChI=1S/C16H19ClN2OS2/c1-3-19(10-14-7-8-15(17)22-14)11-16(20)18-12-5-4-6-13(9-12)21-2/h4-9H,3,10-11H2,1-2H3,(H,18,20). The van der Waals surface area contributed by atoms with Crippen LogP contribution in [0.1, 0.15) is 11.8 Å². The number of carbonyl (C=O) groups is 1. The van der Waals surface area contributed by atoms with E-state index in [9.17, 15) is 4.79 Å². The van der Waals surface area contributed by atoms with Crippen LogP contribution in [0.2, 0.25) is 4.34 Å². The third kappa shape index (κ3) is 5.32. The van der Waals surface area contributed by atoms with Crippen molar-refractivity contribution in [3.63, 3.8) is 0 Å². The maximum absolute atomic E-state index is 12.2. The van der Waals surface area contributed by atoms with Crippen LogP contribution in [-0.4, -0.2) is 30.2 Å². The molecule has 2 aromatic rings. The Morgan fingerprint density at radius 3 is 2.82 bits per heavy atom. The van der Waals surface area contributed by atoms with Gasteiger partial charge in [-0.25, -0.2) is 0 Å². The number of nitrogens with zero attached hydrogens (tertiary/aromatic N) is 1. The summed E-state index contributed by atoms with van der Waals surface area (Å²) in [6.07, 6.45) is 2.02. The SMILES string of the molecule is CCN(CC(=O)Nc1cccc(SC)c1)Cc1ccc(Cl)s1. The molecule has 22 heavy (non-hydrogen) atoms. The van der Waals surface area contributed by atoms with Crippen molar-refractivity contribution in [2.75, 3.05) is 24.7 Å². The van der Waals surface area contributed by atoms with E-state index >= 15 is 0 Å². The first kappa shape index (κ1) is 17.3. The molecule has 0 saturated heterocycles. The summed E-state index contributed by atoms with van der Waals surface area (Å²) < 4.78 is 0.782. The number of thioether (sulfide) groups is 1. The molecule has 0 radical (unpaired) electrons. The predicted octanol–water partition coefficient (Wildman–Crippen LogP) is 4.58. The number of carbonyl (C=O) groups excluding carboxylic acids is 1. The van der Waals surface area contributed by atoms with Crippen LogP contribution in [0.25, 0.3) is 0 Å². The fourth-order valence-corrected chi connectivity index (χ4v) is 3.63. The average molecular weight is 355 g/mol. The number of hydrogen-bond donors (Lipinski definition) is 1. The third-order valence-electron chi connectivity index (χ3n) is 3.18. The largest absolute Gasteiger partial charge is 0.325 e.